The van der Waals surface area contributed by atoms with Crippen molar-refractivity contribution in [2.45, 2.75) is 12.7 Å². The van der Waals surface area contributed by atoms with Gasteiger partial charge in [0, 0.05) is 16.7 Å². The molecule has 0 spiro atoms. The fourth-order valence-electron chi connectivity index (χ4n) is 2.19. The third-order valence-electron chi connectivity index (χ3n) is 3.34. The van der Waals surface area contributed by atoms with Gasteiger partial charge in [-0.2, -0.15) is 13.2 Å². The summed E-state index contributed by atoms with van der Waals surface area (Å²) in [5.41, 5.74) is 1.06. The van der Waals surface area contributed by atoms with E-state index in [1.807, 2.05) is 30.3 Å². The van der Waals surface area contributed by atoms with Gasteiger partial charge in [0.25, 0.3) is 5.56 Å². The van der Waals surface area contributed by atoms with Gasteiger partial charge in [-0.15, -0.1) is 5.10 Å². The Morgan fingerprint density at radius 2 is 1.65 bits per heavy atom. The monoisotopic (exact) mass is 355 g/mol. The van der Waals surface area contributed by atoms with Crippen LogP contribution in [-0.2, 0) is 6.54 Å². The first-order valence-corrected chi connectivity index (χ1v) is 7.59. The van der Waals surface area contributed by atoms with Crippen molar-refractivity contribution in [1.29, 1.82) is 0 Å². The van der Waals surface area contributed by atoms with Gasteiger partial charge >= 0.3 is 6.18 Å². The number of halogens is 3. The van der Waals surface area contributed by atoms with Crippen LogP contribution in [0, 0.1) is 11.8 Å². The van der Waals surface area contributed by atoms with Crippen molar-refractivity contribution >= 4 is 0 Å². The Labute approximate surface area is 147 Å². The van der Waals surface area contributed by atoms with Crippen molar-refractivity contribution in [1.82, 2.24) is 14.8 Å². The molecule has 4 nitrogen and oxygen atoms in total. The number of hydrogen-bond acceptors (Lipinski definition) is 3. The van der Waals surface area contributed by atoms with E-state index < -0.39 is 18.3 Å². The van der Waals surface area contributed by atoms with Gasteiger partial charge in [-0.3, -0.25) is 4.79 Å². The fourth-order valence-corrected chi connectivity index (χ4v) is 2.19. The molecule has 7 heteroatoms. The SMILES string of the molecule is O=c1cnc(-c2cccc(C#Cc3ccccc3)c2)nn1CC(F)(F)F. The van der Waals surface area contributed by atoms with Crippen LogP contribution in [0.4, 0.5) is 13.2 Å². The van der Waals surface area contributed by atoms with Crippen LogP contribution in [-0.4, -0.2) is 20.9 Å². The molecule has 0 unspecified atom stereocenters. The van der Waals surface area contributed by atoms with E-state index in [1.54, 1.807) is 24.3 Å². The van der Waals surface area contributed by atoms with Crippen LogP contribution in [0.25, 0.3) is 11.4 Å². The quantitative estimate of drug-likeness (QED) is 0.663. The number of nitrogens with zero attached hydrogens (tertiary/aromatic N) is 3. The summed E-state index contributed by atoms with van der Waals surface area (Å²) in [5.74, 6) is 6.00. The fraction of sp³-hybridized carbons (Fsp3) is 0.105. The van der Waals surface area contributed by atoms with Crippen LogP contribution in [0.2, 0.25) is 0 Å². The number of rotatable bonds is 2. The summed E-state index contributed by atoms with van der Waals surface area (Å²) in [7, 11) is 0. The maximum absolute atomic E-state index is 12.5. The molecule has 3 rings (SSSR count). The zero-order valence-electron chi connectivity index (χ0n) is 13.4. The zero-order chi connectivity index (χ0) is 18.6. The molecular weight excluding hydrogens is 343 g/mol. The summed E-state index contributed by atoms with van der Waals surface area (Å²) in [6.45, 7) is -1.46. The lowest BCUT2D eigenvalue weighted by Gasteiger charge is -2.09. The van der Waals surface area contributed by atoms with Crippen LogP contribution in [0.3, 0.4) is 0 Å². The molecule has 0 aliphatic heterocycles. The van der Waals surface area contributed by atoms with Crippen molar-refractivity contribution in [3.05, 3.63) is 82.3 Å². The van der Waals surface area contributed by atoms with Gasteiger partial charge in [-0.05, 0) is 24.3 Å². The van der Waals surface area contributed by atoms with Crippen molar-refractivity contribution in [3.63, 3.8) is 0 Å². The highest BCUT2D eigenvalue weighted by Gasteiger charge is 2.29. The van der Waals surface area contributed by atoms with Crippen LogP contribution >= 0.6 is 0 Å². The maximum atomic E-state index is 12.5. The Balaban J connectivity index is 1.92. The van der Waals surface area contributed by atoms with Gasteiger partial charge in [0.2, 0.25) is 0 Å². The lowest BCUT2D eigenvalue weighted by atomic mass is 10.1. The van der Waals surface area contributed by atoms with Crippen molar-refractivity contribution < 1.29 is 13.2 Å². The predicted octanol–water partition coefficient (Wildman–Crippen LogP) is 3.27. The van der Waals surface area contributed by atoms with Crippen LogP contribution < -0.4 is 5.56 Å². The molecule has 0 radical (unpaired) electrons. The van der Waals surface area contributed by atoms with Crippen molar-refractivity contribution in [2.75, 3.05) is 0 Å². The van der Waals surface area contributed by atoms with Gasteiger partial charge in [-0.1, -0.05) is 42.2 Å². The van der Waals surface area contributed by atoms with E-state index in [2.05, 4.69) is 21.9 Å². The second-order valence-electron chi connectivity index (χ2n) is 5.39. The molecule has 1 aromatic heterocycles. The molecule has 1 heterocycles. The Morgan fingerprint density at radius 3 is 2.38 bits per heavy atom. The molecule has 0 bridgehead atoms. The van der Waals surface area contributed by atoms with Gasteiger partial charge in [0.1, 0.15) is 6.54 Å². The third kappa shape index (κ3) is 4.57. The minimum atomic E-state index is -4.54. The highest BCUT2D eigenvalue weighted by molar-refractivity contribution is 5.58. The van der Waals surface area contributed by atoms with E-state index in [4.69, 9.17) is 0 Å². The van der Waals surface area contributed by atoms with Gasteiger partial charge in [0.15, 0.2) is 5.82 Å². The summed E-state index contributed by atoms with van der Waals surface area (Å²) < 4.78 is 38.0. The molecule has 0 fully saturated rings. The average molecular weight is 355 g/mol. The van der Waals surface area contributed by atoms with Crippen LogP contribution in [0.1, 0.15) is 11.1 Å². The first-order valence-electron chi connectivity index (χ1n) is 7.59. The molecule has 2 aromatic carbocycles. The normalized spacial score (nSPS) is 10.9. The molecular formula is C19H12F3N3O. The minimum Gasteiger partial charge on any atom is -0.266 e. The topological polar surface area (TPSA) is 47.8 Å². The smallest absolute Gasteiger partial charge is 0.266 e. The molecule has 0 atom stereocenters. The van der Waals surface area contributed by atoms with E-state index in [1.165, 1.54) is 0 Å². The number of alkyl halides is 3. The highest BCUT2D eigenvalue weighted by Crippen LogP contribution is 2.18. The first-order chi connectivity index (χ1) is 12.4. The predicted molar refractivity (Wildman–Crippen MR) is 90.2 cm³/mol. The number of benzene rings is 2. The molecule has 0 aliphatic rings. The van der Waals surface area contributed by atoms with Crippen molar-refractivity contribution in [2.24, 2.45) is 0 Å². The molecule has 0 N–H and O–H groups in total. The number of aromatic nitrogens is 3. The molecule has 130 valence electrons. The lowest BCUT2D eigenvalue weighted by molar-refractivity contribution is -0.143. The van der Waals surface area contributed by atoms with Crippen LogP contribution in [0.15, 0.2) is 65.6 Å². The number of hydrogen-bond donors (Lipinski definition) is 0. The van der Waals surface area contributed by atoms with E-state index in [0.29, 0.717) is 15.8 Å². The van der Waals surface area contributed by atoms with Gasteiger partial charge < -0.3 is 0 Å². The molecule has 0 amide bonds. The molecule has 26 heavy (non-hydrogen) atoms. The van der Waals surface area contributed by atoms with E-state index in [0.717, 1.165) is 11.8 Å². The van der Waals surface area contributed by atoms with Crippen LogP contribution in [0.5, 0.6) is 0 Å². The summed E-state index contributed by atoms with van der Waals surface area (Å²) >= 11 is 0. The minimum absolute atomic E-state index is 0.0252. The Kier molecular flexibility index (Phi) is 4.85. The van der Waals surface area contributed by atoms with Gasteiger partial charge in [0.05, 0.1) is 6.20 Å². The van der Waals surface area contributed by atoms with E-state index in [9.17, 15) is 18.0 Å². The molecule has 3 aromatic rings. The van der Waals surface area contributed by atoms with E-state index >= 15 is 0 Å². The lowest BCUT2D eigenvalue weighted by Crippen LogP contribution is -2.30. The Morgan fingerprint density at radius 1 is 0.962 bits per heavy atom. The average Bonchev–Trinajstić information content (AvgIpc) is 2.62. The highest BCUT2D eigenvalue weighted by atomic mass is 19.4. The zero-order valence-corrected chi connectivity index (χ0v) is 13.4. The molecule has 0 saturated carbocycles. The molecule has 0 saturated heterocycles. The van der Waals surface area contributed by atoms with E-state index in [-0.39, 0.29) is 5.82 Å². The largest absolute Gasteiger partial charge is 0.408 e. The standard InChI is InChI=1S/C19H12F3N3O/c20-19(21,22)13-25-17(26)12-23-18(24-25)16-8-4-7-15(11-16)10-9-14-5-2-1-3-6-14/h1-8,11-12H,13H2. The Hall–Kier alpha value is -3.40. The Bertz CT molecular complexity index is 1030. The summed E-state index contributed by atoms with van der Waals surface area (Å²) in [6, 6.07) is 16.1. The summed E-state index contributed by atoms with van der Waals surface area (Å²) in [6.07, 6.45) is -3.71. The van der Waals surface area contributed by atoms with Gasteiger partial charge in [-0.25, -0.2) is 9.67 Å². The summed E-state index contributed by atoms with van der Waals surface area (Å²) in [5, 5.41) is 3.71. The second-order valence-corrected chi connectivity index (χ2v) is 5.39. The second kappa shape index (κ2) is 7.23. The maximum Gasteiger partial charge on any atom is 0.408 e. The molecule has 0 aliphatic carbocycles. The first kappa shape index (κ1) is 17.4. The van der Waals surface area contributed by atoms with Crippen molar-refractivity contribution in [3.8, 4) is 23.2 Å². The third-order valence-corrected chi connectivity index (χ3v) is 3.34. The summed E-state index contributed by atoms with van der Waals surface area (Å²) in [4.78, 5) is 15.4.